The van der Waals surface area contributed by atoms with Crippen LogP contribution in [-0.2, 0) is 6.54 Å². The molecule has 2 rings (SSSR count). The molecular formula is C14H16BrN3O. The summed E-state index contributed by atoms with van der Waals surface area (Å²) in [6.45, 7) is 4.59. The molecule has 2 aromatic rings. The van der Waals surface area contributed by atoms with Crippen LogP contribution in [0.4, 0.5) is 0 Å². The molecule has 0 saturated carbocycles. The van der Waals surface area contributed by atoms with Gasteiger partial charge in [0.15, 0.2) is 0 Å². The van der Waals surface area contributed by atoms with Crippen LogP contribution in [0.3, 0.4) is 0 Å². The van der Waals surface area contributed by atoms with E-state index < -0.39 is 0 Å². The first-order chi connectivity index (χ1) is 9.06. The van der Waals surface area contributed by atoms with Crippen LogP contribution < -0.4 is 5.32 Å². The van der Waals surface area contributed by atoms with Gasteiger partial charge < -0.3 is 5.32 Å². The lowest BCUT2D eigenvalue weighted by Crippen LogP contribution is -2.35. The lowest BCUT2D eigenvalue weighted by atomic mass is 10.1. The molecule has 1 aromatic carbocycles. The van der Waals surface area contributed by atoms with Crippen LogP contribution in [0.5, 0.6) is 0 Å². The summed E-state index contributed by atoms with van der Waals surface area (Å²) < 4.78 is 2.81. The molecule has 0 fully saturated rings. The van der Waals surface area contributed by atoms with Crippen LogP contribution in [0.1, 0.15) is 22.8 Å². The minimum absolute atomic E-state index is 0.0244. The summed E-state index contributed by atoms with van der Waals surface area (Å²) in [5, 5.41) is 7.09. The van der Waals surface area contributed by atoms with Crippen molar-refractivity contribution in [2.45, 2.75) is 26.4 Å². The second kappa shape index (κ2) is 6.02. The Kier molecular flexibility index (Phi) is 4.37. The van der Waals surface area contributed by atoms with E-state index in [2.05, 4.69) is 26.3 Å². The Morgan fingerprint density at radius 2 is 2.32 bits per heavy atom. The minimum Gasteiger partial charge on any atom is -0.348 e. The Balaban J connectivity index is 1.98. The summed E-state index contributed by atoms with van der Waals surface area (Å²) in [6.07, 6.45) is 3.61. The monoisotopic (exact) mass is 321 g/mol. The molecule has 1 atom stereocenters. The molecule has 1 amide bonds. The van der Waals surface area contributed by atoms with E-state index in [1.165, 1.54) is 0 Å². The van der Waals surface area contributed by atoms with Gasteiger partial charge >= 0.3 is 0 Å². The molecule has 4 nitrogen and oxygen atoms in total. The molecule has 1 heterocycles. The van der Waals surface area contributed by atoms with Gasteiger partial charge in [-0.15, -0.1) is 0 Å². The highest BCUT2D eigenvalue weighted by molar-refractivity contribution is 9.10. The Labute approximate surface area is 120 Å². The van der Waals surface area contributed by atoms with Crippen molar-refractivity contribution in [1.82, 2.24) is 15.1 Å². The van der Waals surface area contributed by atoms with Crippen molar-refractivity contribution in [2.75, 3.05) is 0 Å². The smallest absolute Gasteiger partial charge is 0.251 e. The van der Waals surface area contributed by atoms with E-state index in [-0.39, 0.29) is 11.9 Å². The summed E-state index contributed by atoms with van der Waals surface area (Å²) in [7, 11) is 0. The number of carbonyl (C=O) groups is 1. The van der Waals surface area contributed by atoms with Gasteiger partial charge in [0.25, 0.3) is 5.91 Å². The summed E-state index contributed by atoms with van der Waals surface area (Å²) in [5.74, 6) is -0.0599. The van der Waals surface area contributed by atoms with Gasteiger partial charge in [-0.3, -0.25) is 9.48 Å². The summed E-state index contributed by atoms with van der Waals surface area (Å²) in [4.78, 5) is 12.1. The van der Waals surface area contributed by atoms with E-state index >= 15 is 0 Å². The predicted molar refractivity (Wildman–Crippen MR) is 78.0 cm³/mol. The number of nitrogens with zero attached hydrogens (tertiary/aromatic N) is 2. The Bertz CT molecular complexity index is 566. The van der Waals surface area contributed by atoms with Gasteiger partial charge in [-0.2, -0.15) is 5.10 Å². The first-order valence-corrected chi connectivity index (χ1v) is 6.90. The lowest BCUT2D eigenvalue weighted by Gasteiger charge is -2.14. The number of amides is 1. The zero-order chi connectivity index (χ0) is 13.8. The molecular weight excluding hydrogens is 306 g/mol. The number of aromatic nitrogens is 2. The van der Waals surface area contributed by atoms with Crippen LogP contribution in [0.15, 0.2) is 41.1 Å². The highest BCUT2D eigenvalue weighted by atomic mass is 79.9. The van der Waals surface area contributed by atoms with Crippen molar-refractivity contribution in [3.63, 3.8) is 0 Å². The van der Waals surface area contributed by atoms with Gasteiger partial charge in [0.05, 0.1) is 6.54 Å². The van der Waals surface area contributed by atoms with E-state index in [0.29, 0.717) is 12.1 Å². The first-order valence-electron chi connectivity index (χ1n) is 6.10. The number of rotatable bonds is 4. The molecule has 0 spiro atoms. The molecule has 0 aliphatic carbocycles. The average Bonchev–Trinajstić information content (AvgIpc) is 2.85. The third-order valence-electron chi connectivity index (χ3n) is 2.82. The Hall–Kier alpha value is -1.62. The van der Waals surface area contributed by atoms with Gasteiger partial charge in [0, 0.05) is 28.5 Å². The number of hydrogen-bond acceptors (Lipinski definition) is 2. The standard InChI is InChI=1S/C14H16BrN3O/c1-10-8-12(4-5-13(10)15)14(19)17-11(2)9-18-7-3-6-16-18/h3-8,11H,9H2,1-2H3,(H,17,19). The first kappa shape index (κ1) is 13.8. The van der Waals surface area contributed by atoms with Crippen molar-refractivity contribution in [3.8, 4) is 0 Å². The highest BCUT2D eigenvalue weighted by Gasteiger charge is 2.11. The Morgan fingerprint density at radius 3 is 2.95 bits per heavy atom. The van der Waals surface area contributed by atoms with Crippen molar-refractivity contribution < 1.29 is 4.79 Å². The molecule has 0 aliphatic rings. The van der Waals surface area contributed by atoms with E-state index in [1.54, 1.807) is 10.9 Å². The van der Waals surface area contributed by atoms with Gasteiger partial charge in [-0.25, -0.2) is 0 Å². The van der Waals surface area contributed by atoms with Gasteiger partial charge in [0.2, 0.25) is 0 Å². The number of benzene rings is 1. The molecule has 0 saturated heterocycles. The molecule has 5 heteroatoms. The van der Waals surface area contributed by atoms with Crippen molar-refractivity contribution in [1.29, 1.82) is 0 Å². The average molecular weight is 322 g/mol. The van der Waals surface area contributed by atoms with Gasteiger partial charge in [-0.1, -0.05) is 15.9 Å². The van der Waals surface area contributed by atoms with Crippen LogP contribution in [0.2, 0.25) is 0 Å². The normalized spacial score (nSPS) is 12.2. The summed E-state index contributed by atoms with van der Waals surface area (Å²) in [5.41, 5.74) is 1.72. The fourth-order valence-corrected chi connectivity index (χ4v) is 2.07. The number of halogens is 1. The molecule has 0 bridgehead atoms. The fourth-order valence-electron chi connectivity index (χ4n) is 1.83. The number of carbonyl (C=O) groups excluding carboxylic acids is 1. The van der Waals surface area contributed by atoms with Crippen LogP contribution in [0, 0.1) is 6.92 Å². The van der Waals surface area contributed by atoms with Crippen LogP contribution in [-0.4, -0.2) is 21.7 Å². The summed E-state index contributed by atoms with van der Waals surface area (Å²) >= 11 is 3.43. The molecule has 19 heavy (non-hydrogen) atoms. The van der Waals surface area contributed by atoms with Crippen LogP contribution >= 0.6 is 15.9 Å². The second-order valence-electron chi connectivity index (χ2n) is 4.57. The molecule has 0 radical (unpaired) electrons. The Morgan fingerprint density at radius 1 is 1.53 bits per heavy atom. The minimum atomic E-state index is -0.0599. The van der Waals surface area contributed by atoms with E-state index in [9.17, 15) is 4.79 Å². The fraction of sp³-hybridized carbons (Fsp3) is 0.286. The van der Waals surface area contributed by atoms with Crippen molar-refractivity contribution in [3.05, 3.63) is 52.3 Å². The van der Waals surface area contributed by atoms with Gasteiger partial charge in [-0.05, 0) is 43.7 Å². The largest absolute Gasteiger partial charge is 0.348 e. The zero-order valence-corrected chi connectivity index (χ0v) is 12.5. The lowest BCUT2D eigenvalue weighted by molar-refractivity contribution is 0.0936. The van der Waals surface area contributed by atoms with Crippen molar-refractivity contribution in [2.24, 2.45) is 0 Å². The van der Waals surface area contributed by atoms with E-state index in [1.807, 2.05) is 44.3 Å². The van der Waals surface area contributed by atoms with Crippen molar-refractivity contribution >= 4 is 21.8 Å². The number of nitrogens with one attached hydrogen (secondary N) is 1. The molecule has 0 aliphatic heterocycles. The maximum atomic E-state index is 12.1. The molecule has 1 unspecified atom stereocenters. The van der Waals surface area contributed by atoms with E-state index in [4.69, 9.17) is 0 Å². The third kappa shape index (κ3) is 3.67. The maximum Gasteiger partial charge on any atom is 0.251 e. The molecule has 1 N–H and O–H groups in total. The predicted octanol–water partition coefficient (Wildman–Crippen LogP) is 2.77. The number of hydrogen-bond donors (Lipinski definition) is 1. The topological polar surface area (TPSA) is 46.9 Å². The zero-order valence-electron chi connectivity index (χ0n) is 10.9. The second-order valence-corrected chi connectivity index (χ2v) is 5.42. The molecule has 1 aromatic heterocycles. The number of aryl methyl sites for hydroxylation is 1. The third-order valence-corrected chi connectivity index (χ3v) is 3.71. The van der Waals surface area contributed by atoms with E-state index in [0.717, 1.165) is 10.0 Å². The SMILES string of the molecule is Cc1cc(C(=O)NC(C)Cn2cccn2)ccc1Br. The quantitative estimate of drug-likeness (QED) is 0.941. The maximum absolute atomic E-state index is 12.1. The van der Waals surface area contributed by atoms with Gasteiger partial charge in [0.1, 0.15) is 0 Å². The van der Waals surface area contributed by atoms with Crippen LogP contribution in [0.25, 0.3) is 0 Å². The molecule has 100 valence electrons. The summed E-state index contributed by atoms with van der Waals surface area (Å²) in [6, 6.07) is 7.47. The highest BCUT2D eigenvalue weighted by Crippen LogP contribution is 2.17.